The van der Waals surface area contributed by atoms with Crippen molar-refractivity contribution < 1.29 is 18.3 Å². The number of hydrogen-bond donors (Lipinski definition) is 2. The number of sulfonamides is 1. The van der Waals surface area contributed by atoms with Gasteiger partial charge in [-0.2, -0.15) is 0 Å². The van der Waals surface area contributed by atoms with E-state index in [1.807, 2.05) is 6.92 Å². The molecular weight excluding hydrogens is 218 g/mol. The molecule has 0 radical (unpaired) electrons. The molecule has 1 rings (SSSR count). The summed E-state index contributed by atoms with van der Waals surface area (Å²) in [5.41, 5.74) is -0.820. The molecule has 0 saturated heterocycles. The van der Waals surface area contributed by atoms with Crippen molar-refractivity contribution >= 4 is 16.0 Å². The van der Waals surface area contributed by atoms with Gasteiger partial charge in [0.05, 0.1) is 11.2 Å². The van der Waals surface area contributed by atoms with E-state index < -0.39 is 21.4 Å². The van der Waals surface area contributed by atoms with Gasteiger partial charge in [0.1, 0.15) is 0 Å². The van der Waals surface area contributed by atoms with E-state index in [2.05, 4.69) is 4.72 Å². The minimum atomic E-state index is -3.28. The molecule has 6 heteroatoms. The van der Waals surface area contributed by atoms with E-state index in [4.69, 9.17) is 5.11 Å². The van der Waals surface area contributed by atoms with Crippen molar-refractivity contribution in [2.45, 2.75) is 32.6 Å². The second kappa shape index (κ2) is 4.49. The van der Waals surface area contributed by atoms with Crippen LogP contribution in [0.15, 0.2) is 0 Å². The normalized spacial score (nSPS) is 18.7. The van der Waals surface area contributed by atoms with E-state index >= 15 is 0 Å². The lowest BCUT2D eigenvalue weighted by molar-refractivity contribution is -0.143. The Labute approximate surface area is 89.9 Å². The van der Waals surface area contributed by atoms with Crippen LogP contribution in [0.1, 0.15) is 32.6 Å². The van der Waals surface area contributed by atoms with Crippen molar-refractivity contribution in [1.29, 1.82) is 0 Å². The predicted octanol–water partition coefficient (Wildman–Crippen LogP) is 0.571. The number of hydrogen-bond acceptors (Lipinski definition) is 3. The Bertz CT molecular complexity index is 332. The van der Waals surface area contributed by atoms with Crippen LogP contribution >= 0.6 is 0 Å². The summed E-state index contributed by atoms with van der Waals surface area (Å²) >= 11 is 0. The quantitative estimate of drug-likeness (QED) is 0.675. The molecule has 0 bridgehead atoms. The van der Waals surface area contributed by atoms with Gasteiger partial charge in [-0.1, -0.05) is 13.3 Å². The van der Waals surface area contributed by atoms with Crippen LogP contribution in [0.2, 0.25) is 0 Å². The van der Waals surface area contributed by atoms with E-state index in [1.165, 1.54) is 0 Å². The van der Waals surface area contributed by atoms with E-state index in [9.17, 15) is 13.2 Å². The van der Waals surface area contributed by atoms with Gasteiger partial charge in [0.25, 0.3) is 0 Å². The average molecular weight is 235 g/mol. The van der Waals surface area contributed by atoms with Gasteiger partial charge in [0, 0.05) is 6.54 Å². The summed E-state index contributed by atoms with van der Waals surface area (Å²) in [7, 11) is -3.28. The lowest BCUT2D eigenvalue weighted by Gasteiger charge is -2.11. The smallest absolute Gasteiger partial charge is 0.310 e. The van der Waals surface area contributed by atoms with Gasteiger partial charge in [-0.3, -0.25) is 4.79 Å². The molecule has 0 atom stereocenters. The van der Waals surface area contributed by atoms with Gasteiger partial charge in [0.2, 0.25) is 10.0 Å². The number of aliphatic carboxylic acids is 1. The minimum absolute atomic E-state index is 0.0361. The van der Waals surface area contributed by atoms with Crippen LogP contribution in [-0.2, 0) is 14.8 Å². The maximum Gasteiger partial charge on any atom is 0.310 e. The van der Waals surface area contributed by atoms with Crippen LogP contribution in [0.5, 0.6) is 0 Å². The highest BCUT2D eigenvalue weighted by Crippen LogP contribution is 2.45. The summed E-state index contributed by atoms with van der Waals surface area (Å²) < 4.78 is 25.1. The molecule has 1 saturated carbocycles. The second-order valence-electron chi connectivity index (χ2n) is 4.08. The zero-order chi connectivity index (χ0) is 11.5. The number of carbonyl (C=O) groups is 1. The summed E-state index contributed by atoms with van der Waals surface area (Å²) in [5, 5.41) is 8.84. The highest BCUT2D eigenvalue weighted by Gasteiger charge is 2.50. The van der Waals surface area contributed by atoms with Crippen molar-refractivity contribution in [3.05, 3.63) is 0 Å². The SMILES string of the molecule is CCCCS(=O)(=O)NCC1(C(=O)O)CC1. The van der Waals surface area contributed by atoms with Gasteiger partial charge in [-0.25, -0.2) is 13.1 Å². The highest BCUT2D eigenvalue weighted by atomic mass is 32.2. The highest BCUT2D eigenvalue weighted by molar-refractivity contribution is 7.89. The molecule has 5 nitrogen and oxygen atoms in total. The monoisotopic (exact) mass is 235 g/mol. The molecule has 0 unspecified atom stereocenters. The fourth-order valence-electron chi connectivity index (χ4n) is 1.27. The molecule has 88 valence electrons. The van der Waals surface area contributed by atoms with E-state index in [-0.39, 0.29) is 12.3 Å². The third-order valence-electron chi connectivity index (χ3n) is 2.70. The second-order valence-corrected chi connectivity index (χ2v) is 6.01. The summed E-state index contributed by atoms with van der Waals surface area (Å²) in [6.45, 7) is 1.95. The maximum absolute atomic E-state index is 11.4. The van der Waals surface area contributed by atoms with E-state index in [0.717, 1.165) is 6.42 Å². The first kappa shape index (κ1) is 12.4. The standard InChI is InChI=1S/C9H17NO4S/c1-2-3-6-15(13,14)10-7-9(4-5-9)8(11)12/h10H,2-7H2,1H3,(H,11,12). The molecule has 2 N–H and O–H groups in total. The molecule has 0 amide bonds. The summed E-state index contributed by atoms with van der Waals surface area (Å²) in [4.78, 5) is 10.8. The molecule has 0 aromatic rings. The van der Waals surface area contributed by atoms with Crippen molar-refractivity contribution in [2.24, 2.45) is 5.41 Å². The topological polar surface area (TPSA) is 83.5 Å². The van der Waals surface area contributed by atoms with Gasteiger partial charge in [-0.05, 0) is 19.3 Å². The fraction of sp³-hybridized carbons (Fsp3) is 0.889. The van der Waals surface area contributed by atoms with Crippen LogP contribution in [0.4, 0.5) is 0 Å². The lowest BCUT2D eigenvalue weighted by Crippen LogP contribution is -2.35. The zero-order valence-corrected chi connectivity index (χ0v) is 9.64. The zero-order valence-electron chi connectivity index (χ0n) is 8.82. The molecule has 15 heavy (non-hydrogen) atoms. The molecular formula is C9H17NO4S. The van der Waals surface area contributed by atoms with E-state index in [0.29, 0.717) is 19.3 Å². The lowest BCUT2D eigenvalue weighted by atomic mass is 10.1. The third-order valence-corrected chi connectivity index (χ3v) is 4.11. The Morgan fingerprint density at radius 3 is 2.47 bits per heavy atom. The Morgan fingerprint density at radius 2 is 2.07 bits per heavy atom. The Balaban J connectivity index is 2.40. The first-order valence-electron chi connectivity index (χ1n) is 5.13. The first-order chi connectivity index (χ1) is 6.92. The van der Waals surface area contributed by atoms with Crippen LogP contribution in [-0.4, -0.2) is 31.8 Å². The van der Waals surface area contributed by atoms with Crippen molar-refractivity contribution in [2.75, 3.05) is 12.3 Å². The molecule has 0 aliphatic heterocycles. The number of rotatable bonds is 7. The average Bonchev–Trinajstić information content (AvgIpc) is 2.93. The van der Waals surface area contributed by atoms with Crippen LogP contribution in [0.25, 0.3) is 0 Å². The van der Waals surface area contributed by atoms with Crippen molar-refractivity contribution in [3.8, 4) is 0 Å². The molecule has 0 aromatic heterocycles. The number of carboxylic acid groups (broad SMARTS) is 1. The summed E-state index contributed by atoms with van der Waals surface area (Å²) in [6.07, 6.45) is 2.55. The Hall–Kier alpha value is -0.620. The van der Waals surface area contributed by atoms with Gasteiger partial charge in [-0.15, -0.1) is 0 Å². The van der Waals surface area contributed by atoms with Crippen LogP contribution < -0.4 is 4.72 Å². The summed E-state index contributed by atoms with van der Waals surface area (Å²) in [6, 6.07) is 0. The number of carboxylic acids is 1. The van der Waals surface area contributed by atoms with Gasteiger partial charge < -0.3 is 5.11 Å². The fourth-order valence-corrected chi connectivity index (χ4v) is 2.58. The molecule has 0 aromatic carbocycles. The summed E-state index contributed by atoms with van der Waals surface area (Å²) in [5.74, 6) is -0.820. The predicted molar refractivity (Wildman–Crippen MR) is 56.0 cm³/mol. The number of unbranched alkanes of at least 4 members (excludes halogenated alkanes) is 1. The minimum Gasteiger partial charge on any atom is -0.481 e. The third kappa shape index (κ3) is 3.46. The van der Waals surface area contributed by atoms with Gasteiger partial charge >= 0.3 is 5.97 Å². The largest absolute Gasteiger partial charge is 0.481 e. The first-order valence-corrected chi connectivity index (χ1v) is 6.78. The molecule has 1 aliphatic carbocycles. The van der Waals surface area contributed by atoms with Gasteiger partial charge in [0.15, 0.2) is 0 Å². The molecule has 0 spiro atoms. The maximum atomic E-state index is 11.4. The molecule has 1 aliphatic rings. The number of nitrogens with one attached hydrogen (secondary N) is 1. The molecule has 0 heterocycles. The Morgan fingerprint density at radius 1 is 1.47 bits per heavy atom. The Kier molecular flexibility index (Phi) is 3.72. The van der Waals surface area contributed by atoms with E-state index in [1.54, 1.807) is 0 Å². The van der Waals surface area contributed by atoms with Crippen molar-refractivity contribution in [3.63, 3.8) is 0 Å². The van der Waals surface area contributed by atoms with Crippen LogP contribution in [0.3, 0.4) is 0 Å². The van der Waals surface area contributed by atoms with Crippen molar-refractivity contribution in [1.82, 2.24) is 4.72 Å². The molecule has 1 fully saturated rings. The van der Waals surface area contributed by atoms with Crippen LogP contribution in [0, 0.1) is 5.41 Å².